The van der Waals surface area contributed by atoms with Crippen molar-refractivity contribution in [3.63, 3.8) is 0 Å². The Bertz CT molecular complexity index is 1110. The molecular formula is C21H30BrN7O6. The quantitative estimate of drug-likeness (QED) is 0.168. The first-order valence-electron chi connectivity index (χ1n) is 11.0. The molecule has 1 saturated heterocycles. The van der Waals surface area contributed by atoms with E-state index in [9.17, 15) is 19.2 Å². The van der Waals surface area contributed by atoms with Crippen molar-refractivity contribution in [2.24, 2.45) is 22.7 Å². The van der Waals surface area contributed by atoms with Crippen molar-refractivity contribution < 1.29 is 19.1 Å². The highest BCUT2D eigenvalue weighted by Gasteiger charge is 2.38. The number of ether oxygens (including phenoxy) is 2. The first-order chi connectivity index (χ1) is 16.5. The minimum Gasteiger partial charge on any atom is -0.461 e. The largest absolute Gasteiger partial charge is 0.461 e. The number of nitrogens with zero attached hydrogens (tertiary/aromatic N) is 4. The fourth-order valence-corrected chi connectivity index (χ4v) is 3.71. The minimum absolute atomic E-state index is 0.114. The van der Waals surface area contributed by atoms with E-state index < -0.39 is 53.6 Å². The molecule has 0 saturated carbocycles. The summed E-state index contributed by atoms with van der Waals surface area (Å²) < 4.78 is 12.4. The van der Waals surface area contributed by atoms with Gasteiger partial charge in [-0.15, -0.1) is 0 Å². The maximum Gasteiger partial charge on any atom is 0.330 e. The molecule has 1 aliphatic rings. The number of aromatic nitrogens is 2. The van der Waals surface area contributed by atoms with E-state index >= 15 is 0 Å². The smallest absolute Gasteiger partial charge is 0.330 e. The van der Waals surface area contributed by atoms with Gasteiger partial charge in [-0.2, -0.15) is 0 Å². The van der Waals surface area contributed by atoms with Crippen molar-refractivity contribution in [2.45, 2.75) is 64.6 Å². The number of carbonyl (C=O) groups excluding carboxylic acids is 2. The van der Waals surface area contributed by atoms with Crippen molar-refractivity contribution in [3.05, 3.63) is 48.0 Å². The van der Waals surface area contributed by atoms with Crippen LogP contribution in [0, 0.1) is 11.8 Å². The second-order valence-corrected chi connectivity index (χ2v) is 9.34. The average Bonchev–Trinajstić information content (AvgIpc) is 3.19. The van der Waals surface area contributed by atoms with Crippen molar-refractivity contribution in [2.75, 3.05) is 6.61 Å². The number of carbonyl (C=O) groups is 2. The van der Waals surface area contributed by atoms with Gasteiger partial charge in [0.05, 0.1) is 17.6 Å². The van der Waals surface area contributed by atoms with Crippen LogP contribution in [0.25, 0.3) is 16.5 Å². The molecule has 2 heterocycles. The molecule has 1 aromatic heterocycles. The molecule has 1 aliphatic heterocycles. The molecule has 13 nitrogen and oxygen atoms in total. The van der Waals surface area contributed by atoms with Gasteiger partial charge in [0.25, 0.3) is 5.56 Å². The number of aromatic amines is 1. The summed E-state index contributed by atoms with van der Waals surface area (Å²) in [5.74, 6) is -1.56. The molecule has 1 fully saturated rings. The number of nitrogens with two attached hydrogens (primary N) is 1. The van der Waals surface area contributed by atoms with Gasteiger partial charge < -0.3 is 20.5 Å². The molecule has 0 radical (unpaired) electrons. The van der Waals surface area contributed by atoms with E-state index in [2.05, 4.69) is 36.3 Å². The summed E-state index contributed by atoms with van der Waals surface area (Å²) >= 11 is 3.08. The maximum atomic E-state index is 12.7. The third-order valence-electron chi connectivity index (χ3n) is 5.58. The van der Waals surface area contributed by atoms with Crippen LogP contribution in [-0.2, 0) is 19.1 Å². The zero-order valence-corrected chi connectivity index (χ0v) is 21.5. The van der Waals surface area contributed by atoms with Crippen molar-refractivity contribution in [1.29, 1.82) is 0 Å². The summed E-state index contributed by atoms with van der Waals surface area (Å²) in [5.41, 5.74) is 13.7. The third-order valence-corrected chi connectivity index (χ3v) is 5.85. The van der Waals surface area contributed by atoms with Gasteiger partial charge in [-0.3, -0.25) is 19.1 Å². The molecule has 5 atom stereocenters. The van der Waals surface area contributed by atoms with Gasteiger partial charge >= 0.3 is 11.7 Å². The highest BCUT2D eigenvalue weighted by atomic mass is 79.9. The van der Waals surface area contributed by atoms with Crippen LogP contribution >= 0.6 is 15.9 Å². The first kappa shape index (κ1) is 28.3. The summed E-state index contributed by atoms with van der Waals surface area (Å²) in [7, 11) is 0. The highest BCUT2D eigenvalue weighted by Crippen LogP contribution is 2.30. The van der Waals surface area contributed by atoms with E-state index in [1.807, 2.05) is 0 Å². The minimum atomic E-state index is -0.942. The predicted octanol–water partition coefficient (Wildman–Crippen LogP) is 1.54. The lowest BCUT2D eigenvalue weighted by Gasteiger charge is -2.25. The molecule has 2 rings (SSSR count). The van der Waals surface area contributed by atoms with Crippen LogP contribution in [-0.4, -0.2) is 52.3 Å². The molecule has 192 valence electrons. The molecule has 35 heavy (non-hydrogen) atoms. The Balaban J connectivity index is 2.16. The number of halogens is 1. The second-order valence-electron chi connectivity index (χ2n) is 8.81. The Kier molecular flexibility index (Phi) is 10.3. The highest BCUT2D eigenvalue weighted by molar-refractivity contribution is 9.11. The number of azide groups is 1. The Morgan fingerprint density at radius 3 is 2.66 bits per heavy atom. The molecular weight excluding hydrogens is 526 g/mol. The van der Waals surface area contributed by atoms with Gasteiger partial charge in [-0.25, -0.2) is 9.59 Å². The standard InChI is InChI=1S/C21H30BrN7O6/c1-10(2)16(23)19(31)25-17(11(3)4)20(32)34-9-14-13(27-28-24)7-15(35-14)29-8-12(5-6-22)18(30)26-21(29)33/h5-6,8,10-11,13-17H,7,9,23H2,1-4H3,(H,25,31)(H,26,30,33)/b6-5+/t13-,14+,15+,16-,17-/m0/s1. The number of rotatable bonds is 10. The lowest BCUT2D eigenvalue weighted by molar-refractivity contribution is -0.154. The van der Waals surface area contributed by atoms with Gasteiger partial charge in [0, 0.05) is 17.5 Å². The Morgan fingerprint density at radius 2 is 2.09 bits per heavy atom. The van der Waals surface area contributed by atoms with Crippen molar-refractivity contribution >= 4 is 33.9 Å². The van der Waals surface area contributed by atoms with Crippen LogP contribution in [0.15, 0.2) is 25.9 Å². The summed E-state index contributed by atoms with van der Waals surface area (Å²) in [4.78, 5) is 55.9. The lowest BCUT2D eigenvalue weighted by Crippen LogP contribution is -2.52. The molecule has 14 heteroatoms. The molecule has 0 aliphatic carbocycles. The summed E-state index contributed by atoms with van der Waals surface area (Å²) in [5, 5.41) is 6.33. The van der Waals surface area contributed by atoms with Gasteiger partial charge in [-0.1, -0.05) is 48.7 Å². The predicted molar refractivity (Wildman–Crippen MR) is 131 cm³/mol. The number of hydrogen-bond acceptors (Lipinski definition) is 8. The second kappa shape index (κ2) is 12.7. The van der Waals surface area contributed by atoms with Crippen LogP contribution in [0.4, 0.5) is 0 Å². The normalized spacial score (nSPS) is 21.7. The number of hydrogen-bond donors (Lipinski definition) is 3. The maximum absolute atomic E-state index is 12.7. The number of esters is 1. The van der Waals surface area contributed by atoms with E-state index in [1.54, 1.807) is 27.7 Å². The van der Waals surface area contributed by atoms with Gasteiger partial charge in [-0.05, 0) is 28.4 Å². The third kappa shape index (κ3) is 7.28. The van der Waals surface area contributed by atoms with Crippen molar-refractivity contribution in [1.82, 2.24) is 14.9 Å². The molecule has 1 amide bonds. The van der Waals surface area contributed by atoms with Gasteiger partial charge in [0.15, 0.2) is 0 Å². The molecule has 1 aromatic rings. The zero-order chi connectivity index (χ0) is 26.3. The van der Waals surface area contributed by atoms with Crippen LogP contribution in [0.3, 0.4) is 0 Å². The van der Waals surface area contributed by atoms with Gasteiger partial charge in [0.1, 0.15) is 25.0 Å². The van der Waals surface area contributed by atoms with Crippen LogP contribution in [0.5, 0.6) is 0 Å². The van der Waals surface area contributed by atoms with Gasteiger partial charge in [0.2, 0.25) is 5.91 Å². The number of amides is 1. The molecule has 0 unspecified atom stereocenters. The van der Waals surface area contributed by atoms with E-state index in [0.29, 0.717) is 0 Å². The number of nitrogens with one attached hydrogen (secondary N) is 2. The lowest BCUT2D eigenvalue weighted by atomic mass is 10.0. The molecule has 0 spiro atoms. The van der Waals surface area contributed by atoms with E-state index in [1.165, 1.54) is 21.8 Å². The summed E-state index contributed by atoms with van der Waals surface area (Å²) in [6.45, 7) is 6.81. The summed E-state index contributed by atoms with van der Waals surface area (Å²) in [6.07, 6.45) is 1.18. The molecule has 4 N–H and O–H groups in total. The van der Waals surface area contributed by atoms with E-state index in [0.717, 1.165) is 0 Å². The Morgan fingerprint density at radius 1 is 1.40 bits per heavy atom. The fourth-order valence-electron chi connectivity index (χ4n) is 3.43. The van der Waals surface area contributed by atoms with Crippen LogP contribution in [0.1, 0.15) is 45.9 Å². The zero-order valence-electron chi connectivity index (χ0n) is 19.9. The summed E-state index contributed by atoms with van der Waals surface area (Å²) in [6, 6.07) is -2.46. The average molecular weight is 556 g/mol. The van der Waals surface area contributed by atoms with Crippen molar-refractivity contribution in [3.8, 4) is 0 Å². The molecule has 0 bridgehead atoms. The SMILES string of the molecule is CC(C)[C@H](N)C(=O)N[C@H](C(=O)OC[C@H]1O[C@@H](n2cc(/C=C/Br)c(=O)[nH]c2=O)C[C@@H]1N=[N+]=[N-])C(C)C. The first-order valence-corrected chi connectivity index (χ1v) is 12.0. The van der Waals surface area contributed by atoms with Crippen LogP contribution in [0.2, 0.25) is 0 Å². The van der Waals surface area contributed by atoms with Crippen LogP contribution < -0.4 is 22.3 Å². The Hall–Kier alpha value is -2.93. The van der Waals surface area contributed by atoms with E-state index in [-0.39, 0.29) is 30.4 Å². The molecule has 0 aromatic carbocycles. The number of H-pyrrole nitrogens is 1. The topological polar surface area (TPSA) is 194 Å². The Labute approximate surface area is 209 Å². The fraction of sp³-hybridized carbons (Fsp3) is 0.619. The monoisotopic (exact) mass is 555 g/mol. The van der Waals surface area contributed by atoms with E-state index in [4.69, 9.17) is 20.7 Å².